The van der Waals surface area contributed by atoms with E-state index in [1.54, 1.807) is 35.2 Å². The first-order chi connectivity index (χ1) is 17.4. The van der Waals surface area contributed by atoms with Gasteiger partial charge in [-0.05, 0) is 48.7 Å². The van der Waals surface area contributed by atoms with Gasteiger partial charge in [0.25, 0.3) is 5.56 Å². The Morgan fingerprint density at radius 2 is 2.06 bits per heavy atom. The number of halogens is 2. The highest BCUT2D eigenvalue weighted by Crippen LogP contribution is 2.37. The Bertz CT molecular complexity index is 1510. The first-order valence-electron chi connectivity index (χ1n) is 11.4. The Morgan fingerprint density at radius 1 is 1.28 bits per heavy atom. The van der Waals surface area contributed by atoms with Crippen LogP contribution in [0.4, 0.5) is 10.2 Å². The third kappa shape index (κ3) is 4.22. The summed E-state index contributed by atoms with van der Waals surface area (Å²) in [7, 11) is 0. The number of carbonyl (C=O) groups excluding carboxylic acids is 1. The van der Waals surface area contributed by atoms with Gasteiger partial charge in [0.2, 0.25) is 5.91 Å². The van der Waals surface area contributed by atoms with E-state index in [9.17, 15) is 14.0 Å². The summed E-state index contributed by atoms with van der Waals surface area (Å²) < 4.78 is 21.7. The predicted octanol–water partition coefficient (Wildman–Crippen LogP) is 4.91. The zero-order chi connectivity index (χ0) is 25.4. The van der Waals surface area contributed by atoms with Crippen LogP contribution in [0.1, 0.15) is 18.9 Å². The summed E-state index contributed by atoms with van der Waals surface area (Å²) in [5.74, 6) is -0.184. The quantitative estimate of drug-likeness (QED) is 0.373. The Kier molecular flexibility index (Phi) is 6.24. The van der Waals surface area contributed by atoms with Crippen LogP contribution in [-0.2, 0) is 4.79 Å². The molecule has 5 rings (SSSR count). The number of para-hydroxylation sites is 1. The predicted molar refractivity (Wildman–Crippen MR) is 137 cm³/mol. The molecule has 1 aliphatic rings. The van der Waals surface area contributed by atoms with E-state index >= 15 is 0 Å². The Labute approximate surface area is 210 Å². The lowest BCUT2D eigenvalue weighted by molar-refractivity contribution is -0.127. The minimum Gasteiger partial charge on any atom is -0.453 e. The molecule has 8 nitrogen and oxygen atoms in total. The van der Waals surface area contributed by atoms with Gasteiger partial charge in [-0.15, -0.1) is 0 Å². The van der Waals surface area contributed by atoms with Crippen LogP contribution in [0.2, 0.25) is 5.02 Å². The van der Waals surface area contributed by atoms with Crippen molar-refractivity contribution in [3.05, 3.63) is 82.5 Å². The van der Waals surface area contributed by atoms with Crippen molar-refractivity contribution in [2.75, 3.05) is 18.8 Å². The Hall–Kier alpha value is -4.11. The molecule has 0 unspecified atom stereocenters. The molecule has 1 amide bonds. The van der Waals surface area contributed by atoms with Crippen molar-refractivity contribution in [1.29, 1.82) is 0 Å². The molecule has 4 aromatic rings. The molecule has 0 radical (unpaired) electrons. The number of piperidine rings is 1. The number of hydrogen-bond donors (Lipinski definition) is 2. The van der Waals surface area contributed by atoms with E-state index in [1.807, 2.05) is 10.8 Å². The van der Waals surface area contributed by atoms with Crippen molar-refractivity contribution in [2.45, 2.75) is 18.9 Å². The van der Waals surface area contributed by atoms with Crippen LogP contribution >= 0.6 is 11.6 Å². The average Bonchev–Trinajstić information content (AvgIpc) is 3.31. The van der Waals surface area contributed by atoms with Gasteiger partial charge < -0.3 is 19.9 Å². The molecule has 0 saturated carbocycles. The lowest BCUT2D eigenvalue weighted by atomic mass is 10.1. The standard InChI is InChI=1S/C26H23ClFN5O3/c1-2-21(34)32-12-4-5-16(13-32)33-14-18(22-23(33)26(35)31-30-25(22)29)15-8-10-17(11-9-15)36-24-19(27)6-3-7-20(24)28/h2-3,6-11,14,16H,1,4-5,12-13H2,(H2,29,30)(H,31,35)/t16-/m1/s1. The van der Waals surface area contributed by atoms with E-state index < -0.39 is 5.82 Å². The molecule has 2 aromatic carbocycles. The van der Waals surface area contributed by atoms with Crippen molar-refractivity contribution in [3.8, 4) is 22.6 Å². The van der Waals surface area contributed by atoms with Crippen LogP contribution < -0.4 is 16.0 Å². The summed E-state index contributed by atoms with van der Waals surface area (Å²) in [5.41, 5.74) is 7.72. The summed E-state index contributed by atoms with van der Waals surface area (Å²) in [6.45, 7) is 4.67. The molecular formula is C26H23ClFN5O3. The number of aromatic amines is 1. The number of nitrogens with one attached hydrogen (secondary N) is 1. The second kappa shape index (κ2) is 9.50. The molecule has 2 aromatic heterocycles. The normalized spacial score (nSPS) is 15.7. The van der Waals surface area contributed by atoms with Crippen molar-refractivity contribution < 1.29 is 13.9 Å². The number of H-pyrrole nitrogens is 1. The number of nitrogens with zero attached hydrogens (tertiary/aromatic N) is 3. The largest absolute Gasteiger partial charge is 0.453 e. The maximum atomic E-state index is 14.1. The smallest absolute Gasteiger partial charge is 0.288 e. The summed E-state index contributed by atoms with van der Waals surface area (Å²) >= 11 is 6.07. The molecule has 0 spiro atoms. The highest BCUT2D eigenvalue weighted by atomic mass is 35.5. The first kappa shape index (κ1) is 23.6. The minimum absolute atomic E-state index is 0.0561. The van der Waals surface area contributed by atoms with Gasteiger partial charge in [-0.25, -0.2) is 9.49 Å². The van der Waals surface area contributed by atoms with E-state index in [0.29, 0.717) is 35.3 Å². The fourth-order valence-corrected chi connectivity index (χ4v) is 4.85. The highest BCUT2D eigenvalue weighted by molar-refractivity contribution is 6.32. The number of carbonyl (C=O) groups is 1. The number of amides is 1. The van der Waals surface area contributed by atoms with Gasteiger partial charge in [0.1, 0.15) is 11.3 Å². The number of rotatable bonds is 5. The zero-order valence-corrected chi connectivity index (χ0v) is 20.0. The molecule has 184 valence electrons. The van der Waals surface area contributed by atoms with E-state index in [-0.39, 0.29) is 34.1 Å². The van der Waals surface area contributed by atoms with Gasteiger partial charge in [0.15, 0.2) is 17.4 Å². The third-order valence-electron chi connectivity index (χ3n) is 6.36. The number of fused-ring (bicyclic) bond motifs is 1. The van der Waals surface area contributed by atoms with Gasteiger partial charge >= 0.3 is 0 Å². The van der Waals surface area contributed by atoms with E-state index in [2.05, 4.69) is 16.8 Å². The summed E-state index contributed by atoms with van der Waals surface area (Å²) in [6, 6.07) is 11.1. The number of ether oxygens (including phenoxy) is 1. The number of likely N-dealkylation sites (tertiary alicyclic amines) is 1. The van der Waals surface area contributed by atoms with Crippen molar-refractivity contribution in [1.82, 2.24) is 19.7 Å². The molecule has 1 atom stereocenters. The van der Waals surface area contributed by atoms with Crippen LogP contribution in [0.25, 0.3) is 22.0 Å². The van der Waals surface area contributed by atoms with Gasteiger partial charge in [-0.2, -0.15) is 5.10 Å². The highest BCUT2D eigenvalue weighted by Gasteiger charge is 2.27. The van der Waals surface area contributed by atoms with Gasteiger partial charge in [0.05, 0.1) is 16.5 Å². The SMILES string of the molecule is C=CC(=O)N1CCC[C@@H](n2cc(-c3ccc(Oc4c(F)cccc4Cl)cc3)c3c(N)n[nH]c(=O)c32)C1. The maximum Gasteiger partial charge on any atom is 0.288 e. The van der Waals surface area contributed by atoms with Crippen LogP contribution in [0, 0.1) is 5.82 Å². The number of nitrogen functional groups attached to an aromatic ring is 1. The summed E-state index contributed by atoms with van der Waals surface area (Å²) in [6.07, 6.45) is 4.76. The lowest BCUT2D eigenvalue weighted by Gasteiger charge is -2.33. The number of benzene rings is 2. The number of hydrogen-bond acceptors (Lipinski definition) is 5. The van der Waals surface area contributed by atoms with E-state index in [1.165, 1.54) is 18.2 Å². The van der Waals surface area contributed by atoms with Crippen LogP contribution in [-0.4, -0.2) is 38.7 Å². The molecule has 36 heavy (non-hydrogen) atoms. The third-order valence-corrected chi connectivity index (χ3v) is 6.66. The molecule has 1 saturated heterocycles. The number of anilines is 1. The molecular weight excluding hydrogens is 485 g/mol. The van der Waals surface area contributed by atoms with E-state index in [4.69, 9.17) is 22.1 Å². The number of aromatic nitrogens is 3. The molecule has 0 bridgehead atoms. The molecule has 3 heterocycles. The van der Waals surface area contributed by atoms with Gasteiger partial charge in [-0.3, -0.25) is 9.59 Å². The van der Waals surface area contributed by atoms with Crippen LogP contribution in [0.3, 0.4) is 0 Å². The summed E-state index contributed by atoms with van der Waals surface area (Å²) in [5, 5.41) is 7.12. The topological polar surface area (TPSA) is 106 Å². The second-order valence-corrected chi connectivity index (χ2v) is 8.98. The molecule has 1 fully saturated rings. The lowest BCUT2D eigenvalue weighted by Crippen LogP contribution is -2.40. The fourth-order valence-electron chi connectivity index (χ4n) is 4.65. The molecule has 10 heteroatoms. The Balaban J connectivity index is 1.54. The monoisotopic (exact) mass is 507 g/mol. The fraction of sp³-hybridized carbons (Fsp3) is 0.192. The number of nitrogens with two attached hydrogens (primary N) is 1. The molecule has 0 aliphatic carbocycles. The van der Waals surface area contributed by atoms with Gasteiger partial charge in [0, 0.05) is 24.8 Å². The summed E-state index contributed by atoms with van der Waals surface area (Å²) in [4.78, 5) is 26.8. The van der Waals surface area contributed by atoms with Gasteiger partial charge in [-0.1, -0.05) is 36.4 Å². The Morgan fingerprint density at radius 3 is 2.78 bits per heavy atom. The minimum atomic E-state index is -0.566. The van der Waals surface area contributed by atoms with Crippen LogP contribution in [0.15, 0.2) is 66.1 Å². The van der Waals surface area contributed by atoms with Crippen LogP contribution in [0.5, 0.6) is 11.5 Å². The van der Waals surface area contributed by atoms with Crippen molar-refractivity contribution in [2.24, 2.45) is 0 Å². The van der Waals surface area contributed by atoms with Crippen molar-refractivity contribution >= 4 is 34.2 Å². The van der Waals surface area contributed by atoms with E-state index in [0.717, 1.165) is 18.4 Å². The first-order valence-corrected chi connectivity index (χ1v) is 11.8. The maximum absolute atomic E-state index is 14.1. The molecule has 1 aliphatic heterocycles. The van der Waals surface area contributed by atoms with Crippen molar-refractivity contribution in [3.63, 3.8) is 0 Å². The average molecular weight is 508 g/mol. The zero-order valence-electron chi connectivity index (χ0n) is 19.2. The molecule has 3 N–H and O–H groups in total. The second-order valence-electron chi connectivity index (χ2n) is 8.57.